The van der Waals surface area contributed by atoms with E-state index >= 15 is 0 Å². The first-order valence-electron chi connectivity index (χ1n) is 2.58. The van der Waals surface area contributed by atoms with Gasteiger partial charge in [-0.25, -0.2) is 0 Å². The van der Waals surface area contributed by atoms with Gasteiger partial charge in [0.2, 0.25) is 0 Å². The van der Waals surface area contributed by atoms with Crippen LogP contribution in [0.15, 0.2) is 12.3 Å². The van der Waals surface area contributed by atoms with Crippen LogP contribution in [0.4, 0.5) is 0 Å². The summed E-state index contributed by atoms with van der Waals surface area (Å²) in [5.74, 6) is 0. The van der Waals surface area contributed by atoms with Crippen LogP contribution in [-0.2, 0) is 10.4 Å². The maximum Gasteiger partial charge on any atom is 0.394 e. The number of rotatable bonds is 0. The molecule has 1 aliphatic heterocycles. The molecule has 0 radical (unpaired) electrons. The fraction of sp³-hybridized carbons (Fsp3) is 0.500. The van der Waals surface area contributed by atoms with E-state index in [0.29, 0.717) is 0 Å². The molecule has 10 heavy (non-hydrogen) atoms. The van der Waals surface area contributed by atoms with E-state index in [9.17, 15) is 0 Å². The number of hydrogen-bond acceptors (Lipinski definition) is 3. The van der Waals surface area contributed by atoms with E-state index in [2.05, 4.69) is 11.4 Å². The van der Waals surface area contributed by atoms with Crippen LogP contribution in [0.5, 0.6) is 0 Å². The van der Waals surface area contributed by atoms with Gasteiger partial charge in [0.05, 0.1) is 0 Å². The maximum atomic E-state index is 8.74. The van der Waals surface area contributed by atoms with Crippen LogP contribution in [0.25, 0.3) is 0 Å². The van der Waals surface area contributed by atoms with Gasteiger partial charge in [-0.05, 0) is 12.6 Å². The van der Waals surface area contributed by atoms with Gasteiger partial charge in [-0.15, -0.1) is 0 Å². The highest BCUT2D eigenvalue weighted by Crippen LogP contribution is 1.84. The van der Waals surface area contributed by atoms with Crippen molar-refractivity contribution in [3.8, 4) is 0 Å². The van der Waals surface area contributed by atoms with Gasteiger partial charge in [-0.1, -0.05) is 6.08 Å². The monoisotopic (exact) mass is 167 g/mol. The van der Waals surface area contributed by atoms with Crippen LogP contribution in [0.2, 0.25) is 0 Å². The lowest BCUT2D eigenvalue weighted by molar-refractivity contribution is 0.381. The fourth-order valence-electron chi connectivity index (χ4n) is 0.417. The Balaban J connectivity index is 0.000000162. The summed E-state index contributed by atoms with van der Waals surface area (Å²) in [5.41, 5.74) is 0. The largest absolute Gasteiger partial charge is 0.394 e. The lowest BCUT2D eigenvalue weighted by Gasteiger charge is -1.78. The number of nitrogens with one attached hydrogen (secondary N) is 1. The molecule has 0 bridgehead atoms. The highest BCUT2D eigenvalue weighted by molar-refractivity contribution is 7.79. The van der Waals surface area contributed by atoms with Crippen molar-refractivity contribution in [2.24, 2.45) is 0 Å². The quantitative estimate of drug-likeness (QED) is 0.436. The van der Waals surface area contributed by atoms with Crippen molar-refractivity contribution in [1.82, 2.24) is 5.32 Å². The van der Waals surface area contributed by atoms with Crippen molar-refractivity contribution in [2.45, 2.75) is 6.42 Å². The van der Waals surface area contributed by atoms with E-state index in [1.54, 1.807) is 0 Å². The van der Waals surface area contributed by atoms with Crippen LogP contribution >= 0.6 is 0 Å². The van der Waals surface area contributed by atoms with Gasteiger partial charge in [-0.2, -0.15) is 8.42 Å². The van der Waals surface area contributed by atoms with Gasteiger partial charge in [0, 0.05) is 6.54 Å². The first-order valence-corrected chi connectivity index (χ1v) is 3.98. The summed E-state index contributed by atoms with van der Waals surface area (Å²) in [6.07, 6.45) is 5.32. The third-order valence-electron chi connectivity index (χ3n) is 0.691. The molecule has 0 atom stereocenters. The lowest BCUT2D eigenvalue weighted by Crippen LogP contribution is -1.96. The molecule has 0 aromatic rings. The van der Waals surface area contributed by atoms with Crippen molar-refractivity contribution in [3.05, 3.63) is 12.3 Å². The molecule has 0 saturated carbocycles. The Morgan fingerprint density at radius 2 is 1.90 bits per heavy atom. The molecule has 60 valence electrons. The first kappa shape index (κ1) is 9.41. The molecule has 1 rings (SSSR count). The van der Waals surface area contributed by atoms with Crippen LogP contribution in [0.1, 0.15) is 6.42 Å². The summed E-state index contributed by atoms with van der Waals surface area (Å²) < 4.78 is 31.6. The minimum absolute atomic E-state index is 1.14. The van der Waals surface area contributed by atoms with Crippen molar-refractivity contribution < 1.29 is 17.5 Å². The molecule has 0 aromatic heterocycles. The second-order valence-corrected chi connectivity index (χ2v) is 2.49. The second-order valence-electron chi connectivity index (χ2n) is 1.59. The lowest BCUT2D eigenvalue weighted by atomic mass is 10.5. The SMILES string of the molecule is C1=CNCC1.O=S(=O)(O)O. The fourth-order valence-corrected chi connectivity index (χ4v) is 0.417. The zero-order valence-corrected chi connectivity index (χ0v) is 6.00. The van der Waals surface area contributed by atoms with Crippen molar-refractivity contribution in [3.63, 3.8) is 0 Å². The van der Waals surface area contributed by atoms with Crippen LogP contribution in [0.3, 0.4) is 0 Å². The standard InChI is InChI=1S/C4H7N.H2O4S/c1-2-4-5-3-1;1-5(2,3)4/h1,3,5H,2,4H2;(H2,1,2,3,4). The Hall–Kier alpha value is -0.590. The third-order valence-corrected chi connectivity index (χ3v) is 0.691. The van der Waals surface area contributed by atoms with Gasteiger partial charge in [0.25, 0.3) is 0 Å². The Morgan fingerprint density at radius 1 is 1.40 bits per heavy atom. The molecular weight excluding hydrogens is 158 g/mol. The van der Waals surface area contributed by atoms with Crippen molar-refractivity contribution in [2.75, 3.05) is 6.54 Å². The molecule has 0 unspecified atom stereocenters. The van der Waals surface area contributed by atoms with Gasteiger partial charge in [0.15, 0.2) is 0 Å². The summed E-state index contributed by atoms with van der Waals surface area (Å²) in [5, 5.41) is 3.04. The third kappa shape index (κ3) is 15.7. The molecule has 0 spiro atoms. The van der Waals surface area contributed by atoms with E-state index in [1.165, 1.54) is 6.42 Å². The Kier molecular flexibility index (Phi) is 4.01. The summed E-state index contributed by atoms with van der Waals surface area (Å²) >= 11 is 0. The predicted octanol–water partition coefficient (Wildman–Crippen LogP) is -0.159. The molecule has 5 nitrogen and oxygen atoms in total. The van der Waals surface area contributed by atoms with Crippen molar-refractivity contribution in [1.29, 1.82) is 0 Å². The van der Waals surface area contributed by atoms with Gasteiger partial charge >= 0.3 is 10.4 Å². The Labute approximate surface area is 59.3 Å². The summed E-state index contributed by atoms with van der Waals surface area (Å²) in [6, 6.07) is 0. The average molecular weight is 167 g/mol. The molecule has 0 fully saturated rings. The molecular formula is C4H9NO4S. The van der Waals surface area contributed by atoms with Crippen LogP contribution in [0, 0.1) is 0 Å². The van der Waals surface area contributed by atoms with Gasteiger partial charge in [-0.3, -0.25) is 9.11 Å². The molecule has 1 aliphatic rings. The zero-order chi connectivity index (χ0) is 8.04. The van der Waals surface area contributed by atoms with Crippen LogP contribution < -0.4 is 5.32 Å². The minimum Gasteiger partial charge on any atom is -0.391 e. The smallest absolute Gasteiger partial charge is 0.391 e. The van der Waals surface area contributed by atoms with Gasteiger partial charge < -0.3 is 5.32 Å². The van der Waals surface area contributed by atoms with Gasteiger partial charge in [0.1, 0.15) is 0 Å². The molecule has 1 heterocycles. The first-order chi connectivity index (χ1) is 4.50. The molecule has 0 saturated heterocycles. The Morgan fingerprint density at radius 3 is 2.00 bits per heavy atom. The zero-order valence-electron chi connectivity index (χ0n) is 5.19. The topological polar surface area (TPSA) is 86.6 Å². The molecule has 0 aliphatic carbocycles. The predicted molar refractivity (Wildman–Crippen MR) is 35.9 cm³/mol. The van der Waals surface area contributed by atoms with E-state index in [1.807, 2.05) is 6.20 Å². The average Bonchev–Trinajstić information content (AvgIpc) is 2.07. The van der Waals surface area contributed by atoms with E-state index < -0.39 is 10.4 Å². The molecule has 0 aromatic carbocycles. The molecule has 6 heteroatoms. The van der Waals surface area contributed by atoms with E-state index in [-0.39, 0.29) is 0 Å². The molecule has 3 N–H and O–H groups in total. The molecule has 0 amide bonds. The highest BCUT2D eigenvalue weighted by atomic mass is 32.3. The minimum atomic E-state index is -4.67. The van der Waals surface area contributed by atoms with E-state index in [4.69, 9.17) is 17.5 Å². The Bertz CT molecular complexity index is 181. The van der Waals surface area contributed by atoms with E-state index in [0.717, 1.165) is 6.54 Å². The second kappa shape index (κ2) is 4.26. The maximum absolute atomic E-state index is 8.74. The highest BCUT2D eigenvalue weighted by Gasteiger charge is 1.84. The summed E-state index contributed by atoms with van der Waals surface area (Å²) in [7, 11) is -4.67. The summed E-state index contributed by atoms with van der Waals surface area (Å²) in [6.45, 7) is 1.14. The normalized spacial score (nSPS) is 15.4. The van der Waals surface area contributed by atoms with Crippen molar-refractivity contribution >= 4 is 10.4 Å². The summed E-state index contributed by atoms with van der Waals surface area (Å²) in [4.78, 5) is 0. The number of hydrogen-bond donors (Lipinski definition) is 3. The van der Waals surface area contributed by atoms with Crippen LogP contribution in [-0.4, -0.2) is 24.1 Å².